The summed E-state index contributed by atoms with van der Waals surface area (Å²) in [4.78, 5) is 15.6. The van der Waals surface area contributed by atoms with Crippen molar-refractivity contribution < 1.29 is 14.3 Å². The molecule has 1 aromatic rings. The van der Waals surface area contributed by atoms with Crippen LogP contribution < -0.4 is 10.1 Å². The van der Waals surface area contributed by atoms with Gasteiger partial charge in [0.25, 0.3) is 5.91 Å². The summed E-state index contributed by atoms with van der Waals surface area (Å²) >= 11 is 0. The zero-order valence-electron chi connectivity index (χ0n) is 18.8. The van der Waals surface area contributed by atoms with Gasteiger partial charge in [-0.25, -0.2) is 0 Å². The highest BCUT2D eigenvalue weighted by atomic mass is 16.5. The number of amides is 1. The van der Waals surface area contributed by atoms with Crippen LogP contribution in [0.4, 0.5) is 5.69 Å². The van der Waals surface area contributed by atoms with E-state index < -0.39 is 5.60 Å². The number of anilines is 1. The average Bonchev–Trinajstić information content (AvgIpc) is 3.17. The molecule has 0 bridgehead atoms. The fourth-order valence-electron chi connectivity index (χ4n) is 4.57. The van der Waals surface area contributed by atoms with E-state index in [1.54, 1.807) is 0 Å². The lowest BCUT2D eigenvalue weighted by molar-refractivity contribution is -0.143. The summed E-state index contributed by atoms with van der Waals surface area (Å²) in [6.45, 7) is 6.80. The van der Waals surface area contributed by atoms with Crippen LogP contribution in [0.25, 0.3) is 0 Å². The van der Waals surface area contributed by atoms with E-state index in [9.17, 15) is 4.79 Å². The molecule has 1 aromatic carbocycles. The summed E-state index contributed by atoms with van der Waals surface area (Å²) in [6, 6.07) is 7.77. The summed E-state index contributed by atoms with van der Waals surface area (Å²) < 4.78 is 12.1. The maximum Gasteiger partial charge on any atom is 0.256 e. The molecule has 5 heteroatoms. The van der Waals surface area contributed by atoms with Crippen molar-refractivity contribution in [2.75, 3.05) is 38.2 Å². The Balaban J connectivity index is 1.50. The van der Waals surface area contributed by atoms with E-state index in [0.29, 0.717) is 13.2 Å². The van der Waals surface area contributed by atoms with Gasteiger partial charge < -0.3 is 14.8 Å². The van der Waals surface area contributed by atoms with Gasteiger partial charge in [0.2, 0.25) is 0 Å². The molecule has 1 saturated carbocycles. The van der Waals surface area contributed by atoms with Crippen molar-refractivity contribution in [2.45, 2.75) is 83.2 Å². The number of carbonyl (C=O) groups excluding carboxylic acids is 1. The second-order valence-corrected chi connectivity index (χ2v) is 8.84. The van der Waals surface area contributed by atoms with E-state index in [4.69, 9.17) is 9.47 Å². The number of hydrogen-bond donors (Lipinski definition) is 1. The van der Waals surface area contributed by atoms with Crippen LogP contribution in [0.1, 0.15) is 77.6 Å². The molecular formula is C25H40N2O3. The van der Waals surface area contributed by atoms with Gasteiger partial charge in [-0.2, -0.15) is 0 Å². The second-order valence-electron chi connectivity index (χ2n) is 8.84. The molecule has 1 heterocycles. The first kappa shape index (κ1) is 23.1. The Morgan fingerprint density at radius 1 is 0.933 bits per heavy atom. The SMILES string of the molecule is CCCOC1(C(=O)Nc2ccc(OCCN3CCCCCC3)cc2)CCCCCC1. The Bertz CT molecular complexity index is 616. The summed E-state index contributed by atoms with van der Waals surface area (Å²) in [7, 11) is 0. The third-order valence-electron chi connectivity index (χ3n) is 6.39. The van der Waals surface area contributed by atoms with Gasteiger partial charge in [-0.15, -0.1) is 0 Å². The zero-order valence-corrected chi connectivity index (χ0v) is 18.8. The Hall–Kier alpha value is -1.59. The lowest BCUT2D eigenvalue weighted by Crippen LogP contribution is -2.45. The summed E-state index contributed by atoms with van der Waals surface area (Å²) in [5.41, 5.74) is 0.137. The molecular weight excluding hydrogens is 376 g/mol. The van der Waals surface area contributed by atoms with Crippen molar-refractivity contribution >= 4 is 11.6 Å². The van der Waals surface area contributed by atoms with Gasteiger partial charge in [0.15, 0.2) is 0 Å². The van der Waals surface area contributed by atoms with Crippen LogP contribution in [-0.4, -0.2) is 49.3 Å². The first-order valence-corrected chi connectivity index (χ1v) is 12.1. The molecule has 0 radical (unpaired) electrons. The fraction of sp³-hybridized carbons (Fsp3) is 0.720. The highest BCUT2D eigenvalue weighted by Crippen LogP contribution is 2.32. The number of likely N-dealkylation sites (tertiary alicyclic amines) is 1. The number of nitrogens with one attached hydrogen (secondary N) is 1. The molecule has 1 saturated heterocycles. The molecule has 2 fully saturated rings. The Morgan fingerprint density at radius 3 is 2.20 bits per heavy atom. The smallest absolute Gasteiger partial charge is 0.256 e. The van der Waals surface area contributed by atoms with E-state index in [2.05, 4.69) is 17.1 Å². The zero-order chi connectivity index (χ0) is 21.1. The minimum atomic E-state index is -0.672. The van der Waals surface area contributed by atoms with Crippen LogP contribution in [0, 0.1) is 0 Å². The Morgan fingerprint density at radius 2 is 1.57 bits per heavy atom. The lowest BCUT2D eigenvalue weighted by Gasteiger charge is -2.31. The second kappa shape index (κ2) is 12.3. The van der Waals surface area contributed by atoms with Crippen LogP contribution in [-0.2, 0) is 9.53 Å². The maximum atomic E-state index is 13.1. The molecule has 0 aromatic heterocycles. The van der Waals surface area contributed by atoms with Crippen LogP contribution >= 0.6 is 0 Å². The predicted molar refractivity (Wildman–Crippen MR) is 122 cm³/mol. The number of carbonyl (C=O) groups is 1. The van der Waals surface area contributed by atoms with Crippen LogP contribution in [0.5, 0.6) is 5.75 Å². The number of hydrogen-bond acceptors (Lipinski definition) is 4. The highest BCUT2D eigenvalue weighted by Gasteiger charge is 2.39. The van der Waals surface area contributed by atoms with Gasteiger partial charge in [-0.05, 0) is 69.5 Å². The summed E-state index contributed by atoms with van der Waals surface area (Å²) in [5, 5.41) is 3.10. The van der Waals surface area contributed by atoms with Crippen LogP contribution in [0.3, 0.4) is 0 Å². The Kier molecular flexibility index (Phi) is 9.47. The van der Waals surface area contributed by atoms with Crippen LogP contribution in [0.15, 0.2) is 24.3 Å². The van der Waals surface area contributed by atoms with Crippen molar-refractivity contribution in [3.8, 4) is 5.75 Å². The molecule has 0 atom stereocenters. The van der Waals surface area contributed by atoms with Gasteiger partial charge >= 0.3 is 0 Å². The van der Waals surface area contributed by atoms with Gasteiger partial charge in [0.1, 0.15) is 18.0 Å². The molecule has 5 nitrogen and oxygen atoms in total. The maximum absolute atomic E-state index is 13.1. The average molecular weight is 417 g/mol. The number of ether oxygens (including phenoxy) is 2. The number of rotatable bonds is 9. The van der Waals surface area contributed by atoms with Gasteiger partial charge in [0, 0.05) is 18.8 Å². The largest absolute Gasteiger partial charge is 0.492 e. The molecule has 1 N–H and O–H groups in total. The van der Waals surface area contributed by atoms with Crippen molar-refractivity contribution in [1.29, 1.82) is 0 Å². The minimum absolute atomic E-state index is 0.00711. The minimum Gasteiger partial charge on any atom is -0.492 e. The fourth-order valence-corrected chi connectivity index (χ4v) is 4.57. The van der Waals surface area contributed by atoms with Crippen molar-refractivity contribution in [2.24, 2.45) is 0 Å². The standard InChI is InChI=1S/C25H40N2O3/c1-2-20-30-25(15-7-3-4-8-16-25)24(28)26-22-11-13-23(14-12-22)29-21-19-27-17-9-5-6-10-18-27/h11-14H,2-10,15-21H2,1H3,(H,26,28). The van der Waals surface area contributed by atoms with E-state index in [1.165, 1.54) is 51.6 Å². The third-order valence-corrected chi connectivity index (χ3v) is 6.39. The normalized spacial score (nSPS) is 20.2. The molecule has 168 valence electrons. The predicted octanol–water partition coefficient (Wildman–Crippen LogP) is 5.40. The number of benzene rings is 1. The van der Waals surface area contributed by atoms with Crippen LogP contribution in [0.2, 0.25) is 0 Å². The third kappa shape index (κ3) is 6.98. The first-order chi connectivity index (χ1) is 14.7. The van der Waals surface area contributed by atoms with E-state index >= 15 is 0 Å². The number of nitrogens with zero attached hydrogens (tertiary/aromatic N) is 1. The molecule has 2 aliphatic rings. The van der Waals surface area contributed by atoms with Crippen molar-refractivity contribution in [1.82, 2.24) is 4.90 Å². The summed E-state index contributed by atoms with van der Waals surface area (Å²) in [6.07, 6.45) is 12.4. The molecule has 0 unspecified atom stereocenters. The van der Waals surface area contributed by atoms with Crippen molar-refractivity contribution in [3.63, 3.8) is 0 Å². The lowest BCUT2D eigenvalue weighted by atomic mass is 9.92. The quantitative estimate of drug-likeness (QED) is 0.548. The molecule has 1 aliphatic carbocycles. The highest BCUT2D eigenvalue weighted by molar-refractivity contribution is 5.97. The Labute approximate surface area is 182 Å². The molecule has 1 aliphatic heterocycles. The summed E-state index contributed by atoms with van der Waals surface area (Å²) in [5.74, 6) is 0.863. The monoisotopic (exact) mass is 416 g/mol. The molecule has 3 rings (SSSR count). The first-order valence-electron chi connectivity index (χ1n) is 12.1. The molecule has 30 heavy (non-hydrogen) atoms. The molecule has 1 amide bonds. The van der Waals surface area contributed by atoms with E-state index in [0.717, 1.165) is 50.1 Å². The van der Waals surface area contributed by atoms with E-state index in [1.807, 2.05) is 24.3 Å². The molecule has 0 spiro atoms. The topological polar surface area (TPSA) is 50.8 Å². The van der Waals surface area contributed by atoms with Crippen molar-refractivity contribution in [3.05, 3.63) is 24.3 Å². The van der Waals surface area contributed by atoms with E-state index in [-0.39, 0.29) is 5.91 Å². The van der Waals surface area contributed by atoms with Gasteiger partial charge in [0.05, 0.1) is 0 Å². The van der Waals surface area contributed by atoms with Gasteiger partial charge in [-0.1, -0.05) is 45.4 Å². The van der Waals surface area contributed by atoms with Gasteiger partial charge in [-0.3, -0.25) is 9.69 Å².